The zero-order valence-corrected chi connectivity index (χ0v) is 13.2. The maximum Gasteiger partial charge on any atom is 0.244 e. The molecule has 1 aliphatic rings. The lowest BCUT2D eigenvalue weighted by atomic mass is 9.88. The number of aryl methyl sites for hydroxylation is 1. The molecule has 2 atom stereocenters. The van der Waals surface area contributed by atoms with E-state index in [-0.39, 0.29) is 18.6 Å². The van der Waals surface area contributed by atoms with Gasteiger partial charge in [0.25, 0.3) is 0 Å². The van der Waals surface area contributed by atoms with Gasteiger partial charge in [0.1, 0.15) is 11.9 Å². The number of carbonyl (C=O) groups is 1. The molecule has 1 aliphatic carbocycles. The first-order chi connectivity index (χ1) is 11.2. The van der Waals surface area contributed by atoms with E-state index in [2.05, 4.69) is 28.6 Å². The molecule has 0 bridgehead atoms. The summed E-state index contributed by atoms with van der Waals surface area (Å²) in [4.78, 5) is 12.1. The molecule has 6 nitrogen and oxygen atoms in total. The van der Waals surface area contributed by atoms with Gasteiger partial charge in [-0.05, 0) is 30.4 Å². The van der Waals surface area contributed by atoms with Crippen molar-refractivity contribution in [2.45, 2.75) is 31.3 Å². The number of aromatic nitrogens is 2. The standard InChI is InChI=1S/C17H22N4O2/c1-23-11-14(18)17(22)20-16-9-10-19-21(16)15-8-4-6-12-5-2-3-7-13(12)15/h2-3,5,7,9-10,14-15H,4,6,8,11,18H2,1H3,(H,20,22). The Balaban J connectivity index is 1.83. The van der Waals surface area contributed by atoms with Crippen LogP contribution >= 0.6 is 0 Å². The molecule has 0 spiro atoms. The second kappa shape index (κ2) is 6.93. The molecule has 0 radical (unpaired) electrons. The Kier molecular flexibility index (Phi) is 4.73. The van der Waals surface area contributed by atoms with Crippen LogP contribution in [0.25, 0.3) is 0 Å². The van der Waals surface area contributed by atoms with Gasteiger partial charge in [0.2, 0.25) is 5.91 Å². The number of nitrogens with one attached hydrogen (secondary N) is 1. The summed E-state index contributed by atoms with van der Waals surface area (Å²) in [6.07, 6.45) is 4.91. The van der Waals surface area contributed by atoms with Gasteiger partial charge in [0, 0.05) is 13.2 Å². The van der Waals surface area contributed by atoms with Gasteiger partial charge in [-0.1, -0.05) is 24.3 Å². The van der Waals surface area contributed by atoms with Gasteiger partial charge in [-0.3, -0.25) is 4.79 Å². The fourth-order valence-corrected chi connectivity index (χ4v) is 3.12. The Labute approximate surface area is 135 Å². The number of benzene rings is 1. The van der Waals surface area contributed by atoms with E-state index in [9.17, 15) is 4.79 Å². The fourth-order valence-electron chi connectivity index (χ4n) is 3.12. The van der Waals surface area contributed by atoms with Gasteiger partial charge >= 0.3 is 0 Å². The number of nitrogens with two attached hydrogens (primary N) is 1. The predicted octanol–water partition coefficient (Wildman–Crippen LogP) is 1.72. The molecule has 23 heavy (non-hydrogen) atoms. The summed E-state index contributed by atoms with van der Waals surface area (Å²) < 4.78 is 6.81. The van der Waals surface area contributed by atoms with Gasteiger partial charge in [-0.15, -0.1) is 0 Å². The highest BCUT2D eigenvalue weighted by Crippen LogP contribution is 2.34. The van der Waals surface area contributed by atoms with E-state index >= 15 is 0 Å². The van der Waals surface area contributed by atoms with E-state index in [1.807, 2.05) is 10.7 Å². The summed E-state index contributed by atoms with van der Waals surface area (Å²) in [5, 5.41) is 7.29. The molecule has 2 aromatic rings. The first-order valence-corrected chi connectivity index (χ1v) is 7.87. The van der Waals surface area contributed by atoms with Crippen LogP contribution in [-0.2, 0) is 16.0 Å². The number of nitrogens with zero attached hydrogens (tertiary/aromatic N) is 2. The normalized spacial score (nSPS) is 18.3. The van der Waals surface area contributed by atoms with Gasteiger partial charge in [-0.25, -0.2) is 4.68 Å². The lowest BCUT2D eigenvalue weighted by molar-refractivity contribution is -0.118. The van der Waals surface area contributed by atoms with E-state index in [1.165, 1.54) is 18.2 Å². The van der Waals surface area contributed by atoms with Crippen molar-refractivity contribution < 1.29 is 9.53 Å². The first kappa shape index (κ1) is 15.7. The van der Waals surface area contributed by atoms with Crippen LogP contribution in [-0.4, -0.2) is 35.4 Å². The minimum absolute atomic E-state index is 0.142. The summed E-state index contributed by atoms with van der Waals surface area (Å²) >= 11 is 0. The Bertz CT molecular complexity index is 683. The third-order valence-corrected chi connectivity index (χ3v) is 4.24. The average Bonchev–Trinajstić information content (AvgIpc) is 3.02. The minimum atomic E-state index is -0.693. The Morgan fingerprint density at radius 1 is 1.48 bits per heavy atom. The molecule has 0 saturated heterocycles. The maximum atomic E-state index is 12.1. The summed E-state index contributed by atoms with van der Waals surface area (Å²) in [5.74, 6) is 0.404. The van der Waals surface area contributed by atoms with E-state index in [4.69, 9.17) is 10.5 Å². The minimum Gasteiger partial charge on any atom is -0.383 e. The summed E-state index contributed by atoms with van der Waals surface area (Å²) in [7, 11) is 1.52. The van der Waals surface area contributed by atoms with Crippen LogP contribution in [0.15, 0.2) is 36.5 Å². The van der Waals surface area contributed by atoms with Crippen molar-refractivity contribution >= 4 is 11.7 Å². The summed E-state index contributed by atoms with van der Waals surface area (Å²) in [6.45, 7) is 0.187. The highest BCUT2D eigenvalue weighted by atomic mass is 16.5. The van der Waals surface area contributed by atoms with Crippen LogP contribution in [0.3, 0.4) is 0 Å². The van der Waals surface area contributed by atoms with Crippen molar-refractivity contribution in [3.05, 3.63) is 47.7 Å². The van der Waals surface area contributed by atoms with Gasteiger partial charge in [0.05, 0.1) is 18.8 Å². The SMILES string of the molecule is COCC(N)C(=O)Nc1ccnn1C1CCCc2ccccc21. The lowest BCUT2D eigenvalue weighted by Crippen LogP contribution is -2.39. The van der Waals surface area contributed by atoms with Crippen molar-refractivity contribution in [1.82, 2.24) is 9.78 Å². The van der Waals surface area contributed by atoms with E-state index in [0.717, 1.165) is 19.3 Å². The fraction of sp³-hybridized carbons (Fsp3) is 0.412. The van der Waals surface area contributed by atoms with Crippen molar-refractivity contribution in [2.24, 2.45) is 5.73 Å². The molecule has 1 heterocycles. The smallest absolute Gasteiger partial charge is 0.244 e. The van der Waals surface area contributed by atoms with Gasteiger partial charge < -0.3 is 15.8 Å². The van der Waals surface area contributed by atoms with Crippen molar-refractivity contribution in [3.63, 3.8) is 0 Å². The van der Waals surface area contributed by atoms with Crippen LogP contribution in [0, 0.1) is 0 Å². The Morgan fingerprint density at radius 3 is 3.13 bits per heavy atom. The third kappa shape index (κ3) is 3.28. The number of hydrogen-bond donors (Lipinski definition) is 2. The highest BCUT2D eigenvalue weighted by Gasteiger charge is 2.24. The van der Waals surface area contributed by atoms with Crippen LogP contribution in [0.4, 0.5) is 5.82 Å². The van der Waals surface area contributed by atoms with E-state index < -0.39 is 6.04 Å². The second-order valence-electron chi connectivity index (χ2n) is 5.82. The zero-order valence-electron chi connectivity index (χ0n) is 13.2. The molecular formula is C17H22N4O2. The maximum absolute atomic E-state index is 12.1. The molecule has 1 aromatic heterocycles. The van der Waals surface area contributed by atoms with Crippen LogP contribution in [0.5, 0.6) is 0 Å². The molecule has 2 unspecified atom stereocenters. The molecular weight excluding hydrogens is 292 g/mol. The molecule has 3 rings (SSSR count). The second-order valence-corrected chi connectivity index (χ2v) is 5.82. The summed E-state index contributed by atoms with van der Waals surface area (Å²) in [6, 6.07) is 9.67. The van der Waals surface area contributed by atoms with Crippen LogP contribution in [0.1, 0.15) is 30.0 Å². The topological polar surface area (TPSA) is 82.2 Å². The zero-order chi connectivity index (χ0) is 16.2. The number of anilines is 1. The number of ether oxygens (including phenoxy) is 1. The number of hydrogen-bond acceptors (Lipinski definition) is 4. The van der Waals surface area contributed by atoms with Crippen molar-refractivity contribution in [1.29, 1.82) is 0 Å². The third-order valence-electron chi connectivity index (χ3n) is 4.24. The number of methoxy groups -OCH3 is 1. The predicted molar refractivity (Wildman–Crippen MR) is 88.2 cm³/mol. The Morgan fingerprint density at radius 2 is 2.30 bits per heavy atom. The number of fused-ring (bicyclic) bond motifs is 1. The molecule has 1 amide bonds. The molecule has 0 fully saturated rings. The quantitative estimate of drug-likeness (QED) is 0.880. The number of amides is 1. The van der Waals surface area contributed by atoms with Crippen LogP contribution in [0.2, 0.25) is 0 Å². The summed E-state index contributed by atoms with van der Waals surface area (Å²) in [5.41, 5.74) is 8.41. The van der Waals surface area contributed by atoms with Crippen molar-refractivity contribution in [3.8, 4) is 0 Å². The molecule has 0 saturated carbocycles. The molecule has 122 valence electrons. The van der Waals surface area contributed by atoms with Crippen molar-refractivity contribution in [2.75, 3.05) is 19.0 Å². The highest BCUT2D eigenvalue weighted by molar-refractivity contribution is 5.94. The van der Waals surface area contributed by atoms with Gasteiger partial charge in [-0.2, -0.15) is 5.10 Å². The van der Waals surface area contributed by atoms with E-state index in [1.54, 1.807) is 12.3 Å². The van der Waals surface area contributed by atoms with Crippen LogP contribution < -0.4 is 11.1 Å². The monoisotopic (exact) mass is 314 g/mol. The number of carbonyl (C=O) groups excluding carboxylic acids is 1. The van der Waals surface area contributed by atoms with E-state index in [0.29, 0.717) is 5.82 Å². The number of rotatable bonds is 5. The molecule has 1 aromatic carbocycles. The average molecular weight is 314 g/mol. The lowest BCUT2D eigenvalue weighted by Gasteiger charge is -2.27. The Hall–Kier alpha value is -2.18. The largest absolute Gasteiger partial charge is 0.383 e. The molecule has 6 heteroatoms. The first-order valence-electron chi connectivity index (χ1n) is 7.87. The molecule has 3 N–H and O–H groups in total. The van der Waals surface area contributed by atoms with Gasteiger partial charge in [0.15, 0.2) is 0 Å². The molecule has 0 aliphatic heterocycles.